The van der Waals surface area contributed by atoms with Crippen LogP contribution in [0.3, 0.4) is 0 Å². The van der Waals surface area contributed by atoms with Gasteiger partial charge in [0.25, 0.3) is 0 Å². The number of Topliss-reactive ketones (excluding diaryl/α,β-unsaturated/α-hetero) is 1. The molecule has 0 radical (unpaired) electrons. The molecule has 0 unspecified atom stereocenters. The molecule has 0 amide bonds. The van der Waals surface area contributed by atoms with Gasteiger partial charge in [0.15, 0.2) is 5.78 Å². The summed E-state index contributed by atoms with van der Waals surface area (Å²) in [6, 6.07) is 7.52. The van der Waals surface area contributed by atoms with Crippen molar-refractivity contribution in [2.45, 2.75) is 51.7 Å². The molecular formula is C18H27NO3. The Hall–Kier alpha value is -1.39. The Morgan fingerprint density at radius 1 is 1.32 bits per heavy atom. The van der Waals surface area contributed by atoms with Crippen LogP contribution in [0.25, 0.3) is 0 Å². The van der Waals surface area contributed by atoms with E-state index in [2.05, 4.69) is 12.2 Å². The number of hydrogen-bond donors (Lipinski definition) is 2. The van der Waals surface area contributed by atoms with Crippen LogP contribution in [-0.4, -0.2) is 36.2 Å². The van der Waals surface area contributed by atoms with Gasteiger partial charge < -0.3 is 15.2 Å². The number of aliphatic hydroxyl groups is 1. The van der Waals surface area contributed by atoms with Crippen molar-refractivity contribution >= 4 is 5.78 Å². The molecule has 2 rings (SSSR count). The lowest BCUT2D eigenvalue weighted by atomic mass is 9.86. The highest BCUT2D eigenvalue weighted by atomic mass is 16.5. The van der Waals surface area contributed by atoms with E-state index >= 15 is 0 Å². The minimum atomic E-state index is -0.526. The number of nitrogens with one attached hydrogen (secondary N) is 1. The first-order chi connectivity index (χ1) is 10.6. The highest BCUT2D eigenvalue weighted by molar-refractivity contribution is 5.94. The third-order valence-corrected chi connectivity index (χ3v) is 4.43. The summed E-state index contributed by atoms with van der Waals surface area (Å²) in [6.45, 7) is 4.63. The van der Waals surface area contributed by atoms with Crippen molar-refractivity contribution in [1.29, 1.82) is 0 Å². The lowest BCUT2D eigenvalue weighted by Gasteiger charge is -2.30. The first-order valence-corrected chi connectivity index (χ1v) is 8.21. The van der Waals surface area contributed by atoms with E-state index in [4.69, 9.17) is 4.74 Å². The summed E-state index contributed by atoms with van der Waals surface area (Å²) in [5.41, 5.74) is 0.667. The SMILES string of the molecule is CC(=O)c1ccc(OC[C@@H](O)CN[C@@H]2CCCC[C@H]2C)cc1. The highest BCUT2D eigenvalue weighted by Crippen LogP contribution is 2.23. The monoisotopic (exact) mass is 305 g/mol. The van der Waals surface area contributed by atoms with Crippen LogP contribution < -0.4 is 10.1 Å². The fourth-order valence-electron chi connectivity index (χ4n) is 2.94. The van der Waals surface area contributed by atoms with Crippen LogP contribution in [0.1, 0.15) is 49.9 Å². The van der Waals surface area contributed by atoms with Crippen molar-refractivity contribution in [3.63, 3.8) is 0 Å². The fourth-order valence-corrected chi connectivity index (χ4v) is 2.94. The Labute approximate surface area is 132 Å². The number of aliphatic hydroxyl groups excluding tert-OH is 1. The highest BCUT2D eigenvalue weighted by Gasteiger charge is 2.21. The van der Waals surface area contributed by atoms with Crippen LogP contribution >= 0.6 is 0 Å². The minimum Gasteiger partial charge on any atom is -0.491 e. The molecule has 4 heteroatoms. The van der Waals surface area contributed by atoms with Gasteiger partial charge in [-0.2, -0.15) is 0 Å². The molecule has 0 spiro atoms. The van der Waals surface area contributed by atoms with Crippen LogP contribution in [0.2, 0.25) is 0 Å². The molecular weight excluding hydrogens is 278 g/mol. The Bertz CT molecular complexity index is 472. The lowest BCUT2D eigenvalue weighted by Crippen LogP contribution is -2.42. The van der Waals surface area contributed by atoms with Gasteiger partial charge in [-0.15, -0.1) is 0 Å². The molecule has 0 aromatic heterocycles. The topological polar surface area (TPSA) is 58.6 Å². The number of benzene rings is 1. The molecule has 1 aliphatic carbocycles. The second-order valence-corrected chi connectivity index (χ2v) is 6.32. The number of ether oxygens (including phenoxy) is 1. The normalized spacial score (nSPS) is 23.0. The maximum absolute atomic E-state index is 11.2. The van der Waals surface area contributed by atoms with Gasteiger partial charge in [0, 0.05) is 18.2 Å². The van der Waals surface area contributed by atoms with E-state index in [1.54, 1.807) is 24.3 Å². The molecule has 0 heterocycles. The number of ketones is 1. The lowest BCUT2D eigenvalue weighted by molar-refractivity contribution is 0.0982. The van der Waals surface area contributed by atoms with Gasteiger partial charge in [-0.3, -0.25) is 4.79 Å². The number of carbonyl (C=O) groups excluding carboxylic acids is 1. The summed E-state index contributed by atoms with van der Waals surface area (Å²) in [4.78, 5) is 11.2. The third-order valence-electron chi connectivity index (χ3n) is 4.43. The number of carbonyl (C=O) groups is 1. The predicted octanol–water partition coefficient (Wildman–Crippen LogP) is 2.80. The summed E-state index contributed by atoms with van der Waals surface area (Å²) < 4.78 is 5.57. The van der Waals surface area contributed by atoms with E-state index in [1.807, 2.05) is 0 Å². The van der Waals surface area contributed by atoms with Crippen LogP contribution in [-0.2, 0) is 0 Å². The minimum absolute atomic E-state index is 0.0392. The Kier molecular flexibility index (Phi) is 6.40. The average Bonchev–Trinajstić information content (AvgIpc) is 2.52. The average molecular weight is 305 g/mol. The predicted molar refractivity (Wildman–Crippen MR) is 87.4 cm³/mol. The van der Waals surface area contributed by atoms with Crippen molar-refractivity contribution in [1.82, 2.24) is 5.32 Å². The summed E-state index contributed by atoms with van der Waals surface area (Å²) in [5.74, 6) is 1.40. The summed E-state index contributed by atoms with van der Waals surface area (Å²) in [6.07, 6.45) is 4.54. The van der Waals surface area contributed by atoms with Crippen molar-refractivity contribution in [2.75, 3.05) is 13.2 Å². The van der Waals surface area contributed by atoms with Gasteiger partial charge in [-0.25, -0.2) is 0 Å². The maximum Gasteiger partial charge on any atom is 0.159 e. The van der Waals surface area contributed by atoms with Crippen molar-refractivity contribution < 1.29 is 14.6 Å². The second kappa shape index (κ2) is 8.30. The molecule has 1 aliphatic rings. The van der Waals surface area contributed by atoms with Crippen molar-refractivity contribution in [3.05, 3.63) is 29.8 Å². The van der Waals surface area contributed by atoms with Gasteiger partial charge in [0.2, 0.25) is 0 Å². The summed E-state index contributed by atoms with van der Waals surface area (Å²) >= 11 is 0. The molecule has 4 nitrogen and oxygen atoms in total. The Morgan fingerprint density at radius 3 is 2.64 bits per heavy atom. The molecule has 122 valence electrons. The third kappa shape index (κ3) is 5.11. The molecule has 1 aromatic carbocycles. The maximum atomic E-state index is 11.2. The van der Waals surface area contributed by atoms with E-state index in [0.717, 1.165) is 0 Å². The van der Waals surface area contributed by atoms with Gasteiger partial charge >= 0.3 is 0 Å². The molecule has 0 bridgehead atoms. The molecule has 3 atom stereocenters. The zero-order valence-corrected chi connectivity index (χ0v) is 13.5. The second-order valence-electron chi connectivity index (χ2n) is 6.32. The fraction of sp³-hybridized carbons (Fsp3) is 0.611. The standard InChI is InChI=1S/C18H27NO3/c1-13-5-3-4-6-18(13)19-11-16(21)12-22-17-9-7-15(8-10-17)14(2)20/h7-10,13,16,18-19,21H,3-6,11-12H2,1-2H3/t13-,16+,18-/m1/s1. The molecule has 0 saturated heterocycles. The van der Waals surface area contributed by atoms with Gasteiger partial charge in [0.05, 0.1) is 0 Å². The van der Waals surface area contributed by atoms with Crippen LogP contribution in [0.4, 0.5) is 0 Å². The summed E-state index contributed by atoms with van der Waals surface area (Å²) in [5, 5.41) is 13.5. The summed E-state index contributed by atoms with van der Waals surface area (Å²) in [7, 11) is 0. The zero-order valence-electron chi connectivity index (χ0n) is 13.5. The zero-order chi connectivity index (χ0) is 15.9. The first kappa shape index (κ1) is 17.0. The van der Waals surface area contributed by atoms with Crippen molar-refractivity contribution in [2.24, 2.45) is 5.92 Å². The molecule has 1 fully saturated rings. The quantitative estimate of drug-likeness (QED) is 0.761. The molecule has 2 N–H and O–H groups in total. The van der Waals surface area contributed by atoms with Crippen LogP contribution in [0.5, 0.6) is 5.75 Å². The van der Waals surface area contributed by atoms with E-state index in [0.29, 0.717) is 29.8 Å². The van der Waals surface area contributed by atoms with E-state index < -0.39 is 6.10 Å². The molecule has 22 heavy (non-hydrogen) atoms. The van der Waals surface area contributed by atoms with Crippen LogP contribution in [0.15, 0.2) is 24.3 Å². The smallest absolute Gasteiger partial charge is 0.159 e. The van der Waals surface area contributed by atoms with Gasteiger partial charge in [-0.1, -0.05) is 19.8 Å². The van der Waals surface area contributed by atoms with Gasteiger partial charge in [0.1, 0.15) is 18.5 Å². The number of hydrogen-bond acceptors (Lipinski definition) is 4. The van der Waals surface area contributed by atoms with E-state index in [1.165, 1.54) is 32.6 Å². The van der Waals surface area contributed by atoms with E-state index in [9.17, 15) is 9.90 Å². The number of rotatable bonds is 7. The Morgan fingerprint density at radius 2 is 2.00 bits per heavy atom. The van der Waals surface area contributed by atoms with Crippen LogP contribution in [0, 0.1) is 5.92 Å². The van der Waals surface area contributed by atoms with Crippen molar-refractivity contribution in [3.8, 4) is 5.75 Å². The van der Waals surface area contributed by atoms with Gasteiger partial charge in [-0.05, 0) is 49.9 Å². The molecule has 1 saturated carbocycles. The first-order valence-electron chi connectivity index (χ1n) is 8.21. The van der Waals surface area contributed by atoms with E-state index in [-0.39, 0.29) is 12.4 Å². The molecule has 0 aliphatic heterocycles. The molecule has 1 aromatic rings. The largest absolute Gasteiger partial charge is 0.491 e. The Balaban J connectivity index is 1.70.